The van der Waals surface area contributed by atoms with E-state index in [4.69, 9.17) is 9.72 Å². The number of nitrogens with zero attached hydrogens (tertiary/aromatic N) is 1. The van der Waals surface area contributed by atoms with Gasteiger partial charge in [0.05, 0.1) is 17.6 Å². The maximum atomic E-state index is 13.0. The van der Waals surface area contributed by atoms with E-state index in [1.165, 1.54) is 47.1 Å². The van der Waals surface area contributed by atoms with E-state index in [1.54, 1.807) is 12.1 Å². The van der Waals surface area contributed by atoms with Gasteiger partial charge in [-0.05, 0) is 66.5 Å². The number of hydrogen-bond acceptors (Lipinski definition) is 6. The van der Waals surface area contributed by atoms with Crippen molar-refractivity contribution in [1.82, 2.24) is 9.97 Å². The van der Waals surface area contributed by atoms with Gasteiger partial charge in [0.1, 0.15) is 4.83 Å². The van der Waals surface area contributed by atoms with Crippen LogP contribution in [0.2, 0.25) is 0 Å². The van der Waals surface area contributed by atoms with Crippen LogP contribution in [0.5, 0.6) is 0 Å². The molecule has 0 atom stereocenters. The van der Waals surface area contributed by atoms with Gasteiger partial charge in [0.25, 0.3) is 5.56 Å². The van der Waals surface area contributed by atoms with Crippen LogP contribution in [0, 0.1) is 0 Å². The summed E-state index contributed by atoms with van der Waals surface area (Å²) in [6.07, 6.45) is 5.55. The molecule has 0 aliphatic heterocycles. The Bertz CT molecular complexity index is 1390. The van der Waals surface area contributed by atoms with Crippen LogP contribution in [-0.4, -0.2) is 22.5 Å². The second-order valence-electron chi connectivity index (χ2n) is 8.51. The molecule has 0 bridgehead atoms. The topological polar surface area (TPSA) is 72.0 Å². The van der Waals surface area contributed by atoms with E-state index in [0.29, 0.717) is 28.5 Å². The van der Waals surface area contributed by atoms with Gasteiger partial charge in [0.2, 0.25) is 0 Å². The molecule has 0 fully saturated rings. The summed E-state index contributed by atoms with van der Waals surface area (Å²) >= 11 is 2.99. The number of aromatic amines is 1. The molecule has 0 radical (unpaired) electrons. The molecule has 1 aliphatic carbocycles. The third-order valence-corrected chi connectivity index (χ3v) is 7.90. The third-order valence-electron chi connectivity index (χ3n) is 6.08. The maximum Gasteiger partial charge on any atom is 0.338 e. The van der Waals surface area contributed by atoms with Gasteiger partial charge >= 0.3 is 5.97 Å². The second kappa shape index (κ2) is 10.2. The summed E-state index contributed by atoms with van der Waals surface area (Å²) in [5, 5.41) is 3.31. The van der Waals surface area contributed by atoms with E-state index in [9.17, 15) is 9.59 Å². The summed E-state index contributed by atoms with van der Waals surface area (Å²) in [6, 6.07) is 14.0. The number of ether oxygens (including phenoxy) is 1. The highest BCUT2D eigenvalue weighted by atomic mass is 32.2. The summed E-state index contributed by atoms with van der Waals surface area (Å²) in [7, 11) is 0. The lowest BCUT2D eigenvalue weighted by atomic mass is 9.89. The number of rotatable bonds is 7. The number of thiophene rings is 1. The van der Waals surface area contributed by atoms with Gasteiger partial charge < -0.3 is 9.72 Å². The first kappa shape index (κ1) is 22.9. The summed E-state index contributed by atoms with van der Waals surface area (Å²) in [4.78, 5) is 33.4. The molecular formula is C27H26N2O3S2. The molecule has 0 saturated heterocycles. The van der Waals surface area contributed by atoms with Crippen molar-refractivity contribution in [1.29, 1.82) is 0 Å². The highest BCUT2D eigenvalue weighted by Crippen LogP contribution is 2.34. The lowest BCUT2D eigenvalue weighted by Crippen LogP contribution is -2.09. The number of esters is 1. The molecule has 0 spiro atoms. The standard InChI is InChI=1S/C27H26N2O3S2/c1-2-13-32-26(31)19-9-7-17(8-10-19)15-34-27-28-24(30)23-22(16-33-25(23)29-27)21-12-11-18-5-3-4-6-20(18)14-21/h7-12,14,16H,2-6,13,15H2,1H3,(H,28,29,30). The highest BCUT2D eigenvalue weighted by molar-refractivity contribution is 7.98. The Morgan fingerprint density at radius 2 is 1.91 bits per heavy atom. The number of nitrogens with one attached hydrogen (secondary N) is 1. The van der Waals surface area contributed by atoms with Gasteiger partial charge in [-0.15, -0.1) is 11.3 Å². The molecule has 0 amide bonds. The molecular weight excluding hydrogens is 464 g/mol. The molecule has 1 aliphatic rings. The van der Waals surface area contributed by atoms with E-state index >= 15 is 0 Å². The van der Waals surface area contributed by atoms with Gasteiger partial charge in [0, 0.05) is 16.7 Å². The second-order valence-corrected chi connectivity index (χ2v) is 10.3. The van der Waals surface area contributed by atoms with Crippen LogP contribution >= 0.6 is 23.1 Å². The van der Waals surface area contributed by atoms with E-state index in [1.807, 2.05) is 24.4 Å². The molecule has 2 heterocycles. The average molecular weight is 491 g/mol. The number of carbonyl (C=O) groups is 1. The first-order chi connectivity index (χ1) is 16.6. The predicted molar refractivity (Wildman–Crippen MR) is 139 cm³/mol. The SMILES string of the molecule is CCCOC(=O)c1ccc(CSc2nc3scc(-c4ccc5c(c4)CCCC5)c3c(=O)[nH]2)cc1. The zero-order chi connectivity index (χ0) is 23.5. The normalized spacial score (nSPS) is 13.1. The van der Waals surface area contributed by atoms with Crippen LogP contribution in [0.25, 0.3) is 21.3 Å². The minimum atomic E-state index is -0.301. The van der Waals surface area contributed by atoms with Gasteiger partial charge in [0.15, 0.2) is 5.16 Å². The number of thioether (sulfide) groups is 1. The summed E-state index contributed by atoms with van der Waals surface area (Å²) < 4.78 is 5.17. The molecule has 0 saturated carbocycles. The molecule has 7 heteroatoms. The smallest absolute Gasteiger partial charge is 0.338 e. The van der Waals surface area contributed by atoms with Crippen molar-refractivity contribution < 1.29 is 9.53 Å². The Balaban J connectivity index is 1.32. The lowest BCUT2D eigenvalue weighted by molar-refractivity contribution is 0.0505. The molecule has 34 heavy (non-hydrogen) atoms. The molecule has 5 nitrogen and oxygen atoms in total. The van der Waals surface area contributed by atoms with Crippen molar-refractivity contribution in [2.45, 2.75) is 49.9 Å². The first-order valence-electron chi connectivity index (χ1n) is 11.6. The molecule has 4 aromatic rings. The Morgan fingerprint density at radius 3 is 2.71 bits per heavy atom. The van der Waals surface area contributed by atoms with Crippen LogP contribution < -0.4 is 5.56 Å². The maximum absolute atomic E-state index is 13.0. The zero-order valence-electron chi connectivity index (χ0n) is 19.1. The Morgan fingerprint density at radius 1 is 1.12 bits per heavy atom. The van der Waals surface area contributed by atoms with Crippen molar-refractivity contribution in [3.63, 3.8) is 0 Å². The summed E-state index contributed by atoms with van der Waals surface area (Å²) in [5.74, 6) is 0.340. The average Bonchev–Trinajstić information content (AvgIpc) is 3.31. The highest BCUT2D eigenvalue weighted by Gasteiger charge is 2.16. The van der Waals surface area contributed by atoms with Gasteiger partial charge in [-0.2, -0.15) is 0 Å². The van der Waals surface area contributed by atoms with Gasteiger partial charge in [-0.1, -0.05) is 49.0 Å². The number of H-pyrrole nitrogens is 1. The molecule has 5 rings (SSSR count). The Labute approximate surface area is 206 Å². The fraction of sp³-hybridized carbons (Fsp3) is 0.296. The zero-order valence-corrected chi connectivity index (χ0v) is 20.7. The van der Waals surface area contributed by atoms with Crippen molar-refractivity contribution in [2.75, 3.05) is 6.61 Å². The van der Waals surface area contributed by atoms with Crippen LogP contribution in [-0.2, 0) is 23.3 Å². The van der Waals surface area contributed by atoms with Crippen LogP contribution in [0.15, 0.2) is 57.8 Å². The number of benzene rings is 2. The van der Waals surface area contributed by atoms with Crippen LogP contribution in [0.1, 0.15) is 53.2 Å². The van der Waals surface area contributed by atoms with Crippen molar-refractivity contribution in [2.24, 2.45) is 0 Å². The van der Waals surface area contributed by atoms with E-state index in [0.717, 1.165) is 40.8 Å². The van der Waals surface area contributed by atoms with Crippen LogP contribution in [0.4, 0.5) is 0 Å². The molecule has 0 unspecified atom stereocenters. The van der Waals surface area contributed by atoms with E-state index < -0.39 is 0 Å². The molecule has 1 N–H and O–H groups in total. The number of carbonyl (C=O) groups excluding carboxylic acids is 1. The van der Waals surface area contributed by atoms with Gasteiger partial charge in [-0.25, -0.2) is 9.78 Å². The largest absolute Gasteiger partial charge is 0.462 e. The summed E-state index contributed by atoms with van der Waals surface area (Å²) in [5.41, 5.74) is 6.39. The van der Waals surface area contributed by atoms with Crippen LogP contribution in [0.3, 0.4) is 0 Å². The van der Waals surface area contributed by atoms with Crippen molar-refractivity contribution >= 4 is 39.3 Å². The third kappa shape index (κ3) is 4.81. The number of aromatic nitrogens is 2. The van der Waals surface area contributed by atoms with Crippen molar-refractivity contribution in [3.05, 3.63) is 80.5 Å². The van der Waals surface area contributed by atoms with Gasteiger partial charge in [-0.3, -0.25) is 4.79 Å². The Kier molecular flexibility index (Phi) is 6.83. The molecule has 2 aromatic carbocycles. The lowest BCUT2D eigenvalue weighted by Gasteiger charge is -2.16. The minimum absolute atomic E-state index is 0.101. The fourth-order valence-electron chi connectivity index (χ4n) is 4.28. The Hall–Kier alpha value is -2.90. The first-order valence-corrected chi connectivity index (χ1v) is 13.5. The molecule has 2 aromatic heterocycles. The number of aryl methyl sites for hydroxylation is 2. The monoisotopic (exact) mass is 490 g/mol. The summed E-state index contributed by atoms with van der Waals surface area (Å²) in [6.45, 7) is 2.39. The number of hydrogen-bond donors (Lipinski definition) is 1. The minimum Gasteiger partial charge on any atom is -0.462 e. The quantitative estimate of drug-likeness (QED) is 0.185. The molecule has 174 valence electrons. The van der Waals surface area contributed by atoms with Crippen molar-refractivity contribution in [3.8, 4) is 11.1 Å². The van der Waals surface area contributed by atoms with E-state index in [-0.39, 0.29) is 11.5 Å². The fourth-order valence-corrected chi connectivity index (χ4v) is 6.10. The number of fused-ring (bicyclic) bond motifs is 2. The van der Waals surface area contributed by atoms with E-state index in [2.05, 4.69) is 23.2 Å². The predicted octanol–water partition coefficient (Wildman–Crippen LogP) is 6.39.